The van der Waals surface area contributed by atoms with E-state index in [0.717, 1.165) is 19.3 Å². The van der Waals surface area contributed by atoms with Gasteiger partial charge in [-0.3, -0.25) is 4.79 Å². The molecule has 2 heteroatoms. The van der Waals surface area contributed by atoms with E-state index in [9.17, 15) is 4.79 Å². The van der Waals surface area contributed by atoms with Gasteiger partial charge in [0.2, 0.25) is 0 Å². The largest absolute Gasteiger partial charge is 0.295 e. The molecule has 0 unspecified atom stereocenters. The van der Waals surface area contributed by atoms with Crippen molar-refractivity contribution in [1.29, 1.82) is 0 Å². The maximum absolute atomic E-state index is 11.8. The van der Waals surface area contributed by atoms with Crippen molar-refractivity contribution in [3.63, 3.8) is 0 Å². The molecule has 0 spiro atoms. The van der Waals surface area contributed by atoms with Gasteiger partial charge in [0, 0.05) is 11.3 Å². The molecule has 4 atom stereocenters. The minimum Gasteiger partial charge on any atom is -0.295 e. The van der Waals surface area contributed by atoms with Gasteiger partial charge < -0.3 is 0 Å². The van der Waals surface area contributed by atoms with Crippen LogP contribution in [0.4, 0.5) is 0 Å². The Hall–Kier alpha value is -1.28. The lowest BCUT2D eigenvalue weighted by Crippen LogP contribution is -2.40. The van der Waals surface area contributed by atoms with Crippen LogP contribution in [0.2, 0.25) is 0 Å². The van der Waals surface area contributed by atoms with Crippen LogP contribution in [-0.2, 0) is 4.79 Å². The average Bonchev–Trinajstić information content (AvgIpc) is 2.55. The van der Waals surface area contributed by atoms with E-state index >= 15 is 0 Å². The highest BCUT2D eigenvalue weighted by Crippen LogP contribution is 2.57. The van der Waals surface area contributed by atoms with E-state index in [1.165, 1.54) is 23.3 Å². The fraction of sp³-hybridized carbons (Fsp3) is 0.500. The molecule has 3 aliphatic rings. The molecule has 0 bridgehead atoms. The van der Waals surface area contributed by atoms with Crippen molar-refractivity contribution in [3.8, 4) is 0 Å². The molecular formula is C22H26OS. The molecule has 0 N–H and O–H groups in total. The van der Waals surface area contributed by atoms with E-state index in [0.29, 0.717) is 29.0 Å². The van der Waals surface area contributed by atoms with Gasteiger partial charge in [-0.2, -0.15) is 0 Å². The van der Waals surface area contributed by atoms with Crippen LogP contribution in [0.1, 0.15) is 46.0 Å². The van der Waals surface area contributed by atoms with Crippen molar-refractivity contribution in [1.82, 2.24) is 0 Å². The Balaban J connectivity index is 1.60. The number of ketones is 1. The SMILES string of the molecule is C[C@H]1C[C@@]2(C)CC3=CC(=O)CC[C@@H]3C[C@H]2C=C1Sc1ccccc1. The molecule has 1 aromatic rings. The van der Waals surface area contributed by atoms with Crippen molar-refractivity contribution in [2.24, 2.45) is 23.2 Å². The van der Waals surface area contributed by atoms with Gasteiger partial charge in [0.1, 0.15) is 0 Å². The Labute approximate surface area is 149 Å². The van der Waals surface area contributed by atoms with Crippen LogP contribution in [0.3, 0.4) is 0 Å². The first-order valence-corrected chi connectivity index (χ1v) is 10.0. The summed E-state index contributed by atoms with van der Waals surface area (Å²) >= 11 is 1.95. The number of hydrogen-bond donors (Lipinski definition) is 0. The number of carbonyl (C=O) groups is 1. The monoisotopic (exact) mass is 338 g/mol. The zero-order valence-corrected chi connectivity index (χ0v) is 15.4. The van der Waals surface area contributed by atoms with E-state index in [1.54, 1.807) is 4.91 Å². The van der Waals surface area contributed by atoms with Gasteiger partial charge in [0.25, 0.3) is 0 Å². The zero-order chi connectivity index (χ0) is 16.7. The molecule has 0 aliphatic heterocycles. The molecule has 126 valence electrons. The molecule has 0 aromatic heterocycles. The molecule has 1 aromatic carbocycles. The lowest BCUT2D eigenvalue weighted by atomic mass is 9.56. The summed E-state index contributed by atoms with van der Waals surface area (Å²) in [6.07, 6.45) is 9.99. The Morgan fingerprint density at radius 1 is 1.21 bits per heavy atom. The molecule has 0 radical (unpaired) electrons. The third-order valence-corrected chi connectivity index (χ3v) is 7.54. The first-order valence-electron chi connectivity index (χ1n) is 9.21. The lowest BCUT2D eigenvalue weighted by molar-refractivity contribution is -0.115. The van der Waals surface area contributed by atoms with Gasteiger partial charge in [-0.1, -0.05) is 55.5 Å². The molecule has 1 nitrogen and oxygen atoms in total. The zero-order valence-electron chi connectivity index (χ0n) is 14.6. The summed E-state index contributed by atoms with van der Waals surface area (Å²) in [4.78, 5) is 14.7. The van der Waals surface area contributed by atoms with Crippen LogP contribution in [-0.4, -0.2) is 5.78 Å². The number of carbonyl (C=O) groups excluding carboxylic acids is 1. The quantitative estimate of drug-likeness (QED) is 0.655. The second-order valence-corrected chi connectivity index (χ2v) is 9.33. The Morgan fingerprint density at radius 2 is 2.00 bits per heavy atom. The highest BCUT2D eigenvalue weighted by atomic mass is 32.2. The Morgan fingerprint density at radius 3 is 2.79 bits per heavy atom. The normalized spacial score (nSPS) is 35.6. The fourth-order valence-corrected chi connectivity index (χ4v) is 6.05. The van der Waals surface area contributed by atoms with Crippen molar-refractivity contribution in [3.05, 3.63) is 53.0 Å². The van der Waals surface area contributed by atoms with Gasteiger partial charge >= 0.3 is 0 Å². The Bertz CT molecular complexity index is 702. The molecule has 4 rings (SSSR count). The highest BCUT2D eigenvalue weighted by molar-refractivity contribution is 8.03. The van der Waals surface area contributed by atoms with Crippen LogP contribution < -0.4 is 0 Å². The van der Waals surface area contributed by atoms with Gasteiger partial charge in [-0.15, -0.1) is 0 Å². The second kappa shape index (κ2) is 6.22. The lowest BCUT2D eigenvalue weighted by Gasteiger charge is -2.50. The number of fused-ring (bicyclic) bond motifs is 2. The topological polar surface area (TPSA) is 17.1 Å². The summed E-state index contributed by atoms with van der Waals surface area (Å²) in [5.41, 5.74) is 1.78. The van der Waals surface area contributed by atoms with Gasteiger partial charge in [-0.25, -0.2) is 0 Å². The first kappa shape index (κ1) is 16.2. The molecular weight excluding hydrogens is 312 g/mol. The number of rotatable bonds is 2. The number of thioether (sulfide) groups is 1. The number of benzene rings is 1. The first-order chi connectivity index (χ1) is 11.5. The predicted molar refractivity (Wildman–Crippen MR) is 101 cm³/mol. The molecule has 1 fully saturated rings. The van der Waals surface area contributed by atoms with Crippen LogP contribution in [0.25, 0.3) is 0 Å². The molecule has 0 amide bonds. The van der Waals surface area contributed by atoms with E-state index in [-0.39, 0.29) is 0 Å². The van der Waals surface area contributed by atoms with Crippen LogP contribution in [0.15, 0.2) is 57.9 Å². The molecule has 0 saturated heterocycles. The van der Waals surface area contributed by atoms with Crippen molar-refractivity contribution >= 4 is 17.5 Å². The molecule has 1 saturated carbocycles. The molecule has 24 heavy (non-hydrogen) atoms. The maximum atomic E-state index is 11.8. The number of hydrogen-bond acceptors (Lipinski definition) is 2. The summed E-state index contributed by atoms with van der Waals surface area (Å²) in [7, 11) is 0. The van der Waals surface area contributed by atoms with E-state index < -0.39 is 0 Å². The summed E-state index contributed by atoms with van der Waals surface area (Å²) < 4.78 is 0. The Kier molecular flexibility index (Phi) is 4.20. The van der Waals surface area contributed by atoms with Crippen LogP contribution in [0.5, 0.6) is 0 Å². The highest BCUT2D eigenvalue weighted by Gasteiger charge is 2.45. The van der Waals surface area contributed by atoms with E-state index in [4.69, 9.17) is 0 Å². The molecule has 0 heterocycles. The van der Waals surface area contributed by atoms with E-state index in [1.807, 2.05) is 17.8 Å². The van der Waals surface area contributed by atoms with Crippen LogP contribution in [0, 0.1) is 23.2 Å². The minimum absolute atomic E-state index is 0.333. The third kappa shape index (κ3) is 3.01. The average molecular weight is 339 g/mol. The van der Waals surface area contributed by atoms with Crippen LogP contribution >= 0.6 is 11.8 Å². The summed E-state index contributed by atoms with van der Waals surface area (Å²) in [5.74, 6) is 2.26. The summed E-state index contributed by atoms with van der Waals surface area (Å²) in [6.45, 7) is 4.82. The van der Waals surface area contributed by atoms with Crippen molar-refractivity contribution < 1.29 is 4.79 Å². The van der Waals surface area contributed by atoms with E-state index in [2.05, 4.69) is 50.3 Å². The minimum atomic E-state index is 0.333. The fourth-order valence-electron chi connectivity index (χ4n) is 4.97. The van der Waals surface area contributed by atoms with Crippen molar-refractivity contribution in [2.45, 2.75) is 50.8 Å². The molecule has 3 aliphatic carbocycles. The summed E-state index contributed by atoms with van der Waals surface area (Å²) in [5, 5.41) is 0. The van der Waals surface area contributed by atoms with Crippen molar-refractivity contribution in [2.75, 3.05) is 0 Å². The smallest absolute Gasteiger partial charge is 0.155 e. The van der Waals surface area contributed by atoms with Gasteiger partial charge in [-0.05, 0) is 72.0 Å². The van der Waals surface area contributed by atoms with Gasteiger partial charge in [0.15, 0.2) is 5.78 Å². The standard InChI is InChI=1S/C22H26OS/c1-15-13-22(2)14-17-11-19(23)9-8-16(17)10-18(22)12-21(15)24-20-6-4-3-5-7-20/h3-7,11-12,15-16,18H,8-10,13-14H2,1-2H3/t15-,16+,18-,22-/m0/s1. The third-order valence-electron chi connectivity index (χ3n) is 6.25. The maximum Gasteiger partial charge on any atom is 0.155 e. The predicted octanol–water partition coefficient (Wildman–Crippen LogP) is 6.02. The second-order valence-electron chi connectivity index (χ2n) is 8.18. The van der Waals surface area contributed by atoms with Gasteiger partial charge in [0.05, 0.1) is 0 Å². The summed E-state index contributed by atoms with van der Waals surface area (Å²) in [6, 6.07) is 10.7. The number of allylic oxidation sites excluding steroid dienone is 4.